The fraction of sp³-hybridized carbons (Fsp3) is 0.238. The molecule has 1 unspecified atom stereocenters. The minimum absolute atomic E-state index is 0.0478. The first-order valence-corrected chi connectivity index (χ1v) is 9.84. The van der Waals surface area contributed by atoms with Gasteiger partial charge in [-0.1, -0.05) is 24.3 Å². The monoisotopic (exact) mass is 397 g/mol. The van der Waals surface area contributed by atoms with Gasteiger partial charge in [0.2, 0.25) is 0 Å². The van der Waals surface area contributed by atoms with E-state index in [2.05, 4.69) is 0 Å². The summed E-state index contributed by atoms with van der Waals surface area (Å²) in [6, 6.07) is 14.4. The number of carbonyl (C=O) groups excluding carboxylic acids is 1. The zero-order valence-electron chi connectivity index (χ0n) is 15.5. The van der Waals surface area contributed by atoms with Crippen LogP contribution in [0.4, 0.5) is 0 Å². The molecule has 6 nitrogen and oxygen atoms in total. The minimum Gasteiger partial charge on any atom is -0.493 e. The van der Waals surface area contributed by atoms with E-state index < -0.39 is 5.63 Å². The third-order valence-electron chi connectivity index (χ3n) is 4.72. The quantitative estimate of drug-likeness (QED) is 0.626. The van der Waals surface area contributed by atoms with Gasteiger partial charge < -0.3 is 18.8 Å². The third kappa shape index (κ3) is 3.22. The maximum absolute atomic E-state index is 13.2. The van der Waals surface area contributed by atoms with Gasteiger partial charge in [-0.05, 0) is 29.8 Å². The zero-order chi connectivity index (χ0) is 19.7. The summed E-state index contributed by atoms with van der Waals surface area (Å²) in [5.41, 5.74) is 0.813. The van der Waals surface area contributed by atoms with Crippen molar-refractivity contribution in [2.75, 3.05) is 26.5 Å². The third-order valence-corrected chi connectivity index (χ3v) is 5.98. The summed E-state index contributed by atoms with van der Waals surface area (Å²) >= 11 is 1.64. The molecule has 144 valence electrons. The molecule has 4 rings (SSSR count). The van der Waals surface area contributed by atoms with E-state index in [4.69, 9.17) is 13.9 Å². The van der Waals surface area contributed by atoms with Crippen molar-refractivity contribution < 1.29 is 18.7 Å². The molecule has 0 saturated carbocycles. The molecule has 1 atom stereocenters. The van der Waals surface area contributed by atoms with Gasteiger partial charge in [-0.25, -0.2) is 4.79 Å². The maximum atomic E-state index is 13.2. The Morgan fingerprint density at radius 2 is 1.89 bits per heavy atom. The van der Waals surface area contributed by atoms with Crippen LogP contribution in [-0.4, -0.2) is 37.3 Å². The fourth-order valence-corrected chi connectivity index (χ4v) is 4.57. The number of carbonyl (C=O) groups is 1. The second-order valence-electron chi connectivity index (χ2n) is 6.32. The Kier molecular flexibility index (Phi) is 5.00. The van der Waals surface area contributed by atoms with Gasteiger partial charge in [-0.15, -0.1) is 11.8 Å². The minimum atomic E-state index is -0.619. The topological polar surface area (TPSA) is 69.0 Å². The number of methoxy groups -OCH3 is 2. The first-order valence-electron chi connectivity index (χ1n) is 8.80. The molecule has 1 amide bonds. The predicted molar refractivity (Wildman–Crippen MR) is 108 cm³/mol. The Morgan fingerprint density at radius 1 is 1.11 bits per heavy atom. The van der Waals surface area contributed by atoms with Crippen LogP contribution in [0.15, 0.2) is 57.7 Å². The fourth-order valence-electron chi connectivity index (χ4n) is 3.33. The number of para-hydroxylation sites is 1. The summed E-state index contributed by atoms with van der Waals surface area (Å²) in [5.74, 6) is 1.68. The molecular formula is C21H19NO5S. The molecule has 1 fully saturated rings. The molecule has 0 spiro atoms. The first kappa shape index (κ1) is 18.4. The van der Waals surface area contributed by atoms with E-state index in [1.165, 1.54) is 0 Å². The van der Waals surface area contributed by atoms with Crippen molar-refractivity contribution in [2.24, 2.45) is 0 Å². The lowest BCUT2D eigenvalue weighted by atomic mass is 10.1. The standard InChI is InChI=1S/C21H19NO5S/c1-25-17-8-7-14(12-18(17)26-2)20-22(9-10-28-20)19(23)15-11-13-5-3-4-6-16(13)27-21(15)24/h3-8,11-12,20H,9-10H2,1-2H3. The van der Waals surface area contributed by atoms with Gasteiger partial charge in [0, 0.05) is 17.7 Å². The normalized spacial score (nSPS) is 16.4. The van der Waals surface area contributed by atoms with Crippen LogP contribution in [-0.2, 0) is 0 Å². The molecule has 1 saturated heterocycles. The van der Waals surface area contributed by atoms with E-state index in [-0.39, 0.29) is 16.8 Å². The Morgan fingerprint density at radius 3 is 2.68 bits per heavy atom. The Balaban J connectivity index is 1.70. The van der Waals surface area contributed by atoms with Crippen LogP contribution >= 0.6 is 11.8 Å². The number of thioether (sulfide) groups is 1. The number of rotatable bonds is 4. The molecule has 1 aromatic heterocycles. The van der Waals surface area contributed by atoms with Crippen LogP contribution < -0.4 is 15.1 Å². The lowest BCUT2D eigenvalue weighted by Crippen LogP contribution is -2.33. The van der Waals surface area contributed by atoms with Crippen molar-refractivity contribution in [3.63, 3.8) is 0 Å². The molecule has 2 aromatic carbocycles. The molecule has 0 bridgehead atoms. The maximum Gasteiger partial charge on any atom is 0.349 e. The van der Waals surface area contributed by atoms with Gasteiger partial charge in [0.15, 0.2) is 11.5 Å². The van der Waals surface area contributed by atoms with Gasteiger partial charge >= 0.3 is 5.63 Å². The molecule has 1 aliphatic heterocycles. The number of fused-ring (bicyclic) bond motifs is 1. The van der Waals surface area contributed by atoms with E-state index in [1.54, 1.807) is 49.1 Å². The largest absolute Gasteiger partial charge is 0.493 e. The SMILES string of the molecule is COc1ccc(C2SCCN2C(=O)c2cc3ccccc3oc2=O)cc1OC. The van der Waals surface area contributed by atoms with E-state index in [9.17, 15) is 9.59 Å². The van der Waals surface area contributed by atoms with Crippen molar-refractivity contribution in [2.45, 2.75) is 5.37 Å². The average Bonchev–Trinajstić information content (AvgIpc) is 3.22. The number of hydrogen-bond donors (Lipinski definition) is 0. The van der Waals surface area contributed by atoms with E-state index >= 15 is 0 Å². The zero-order valence-corrected chi connectivity index (χ0v) is 16.3. The van der Waals surface area contributed by atoms with Crippen molar-refractivity contribution >= 4 is 28.6 Å². The summed E-state index contributed by atoms with van der Waals surface area (Å²) in [4.78, 5) is 27.3. The van der Waals surface area contributed by atoms with Gasteiger partial charge in [-0.3, -0.25) is 4.79 Å². The lowest BCUT2D eigenvalue weighted by Gasteiger charge is -2.24. The van der Waals surface area contributed by atoms with Crippen LogP contribution in [0.2, 0.25) is 0 Å². The summed E-state index contributed by atoms with van der Waals surface area (Å²) in [7, 11) is 3.16. The first-order chi connectivity index (χ1) is 13.6. The Bertz CT molecular complexity index is 1090. The van der Waals surface area contributed by atoms with Crippen molar-refractivity contribution in [3.05, 3.63) is 70.1 Å². The molecule has 28 heavy (non-hydrogen) atoms. The molecule has 7 heteroatoms. The van der Waals surface area contributed by atoms with E-state index in [0.717, 1.165) is 16.7 Å². The van der Waals surface area contributed by atoms with Gasteiger partial charge in [-0.2, -0.15) is 0 Å². The molecule has 1 aliphatic rings. The second-order valence-corrected chi connectivity index (χ2v) is 7.51. The van der Waals surface area contributed by atoms with Crippen LogP contribution in [0, 0.1) is 0 Å². The lowest BCUT2D eigenvalue weighted by molar-refractivity contribution is 0.0756. The molecule has 0 N–H and O–H groups in total. The Hall–Kier alpha value is -2.93. The van der Waals surface area contributed by atoms with Gasteiger partial charge in [0.1, 0.15) is 16.5 Å². The van der Waals surface area contributed by atoms with Crippen LogP contribution in [0.3, 0.4) is 0 Å². The van der Waals surface area contributed by atoms with Crippen LogP contribution in [0.1, 0.15) is 21.3 Å². The summed E-state index contributed by atoms with van der Waals surface area (Å²) in [6.07, 6.45) is 0. The number of amides is 1. The number of nitrogens with zero attached hydrogens (tertiary/aromatic N) is 1. The van der Waals surface area contributed by atoms with Crippen LogP contribution in [0.25, 0.3) is 11.0 Å². The highest BCUT2D eigenvalue weighted by atomic mass is 32.2. The summed E-state index contributed by atoms with van der Waals surface area (Å²) < 4.78 is 16.0. The highest BCUT2D eigenvalue weighted by Crippen LogP contribution is 2.41. The van der Waals surface area contributed by atoms with Crippen molar-refractivity contribution in [1.29, 1.82) is 0 Å². The molecular weight excluding hydrogens is 378 g/mol. The molecule has 2 heterocycles. The summed E-state index contributed by atoms with van der Waals surface area (Å²) in [5, 5.41) is 0.512. The summed E-state index contributed by atoms with van der Waals surface area (Å²) in [6.45, 7) is 0.550. The highest BCUT2D eigenvalue weighted by Gasteiger charge is 2.33. The predicted octanol–water partition coefficient (Wildman–Crippen LogP) is 3.70. The smallest absolute Gasteiger partial charge is 0.349 e. The molecule has 3 aromatic rings. The van der Waals surface area contributed by atoms with E-state index in [1.807, 2.05) is 30.3 Å². The second kappa shape index (κ2) is 7.59. The number of benzene rings is 2. The molecule has 0 radical (unpaired) electrons. The van der Waals surface area contributed by atoms with E-state index in [0.29, 0.717) is 23.6 Å². The van der Waals surface area contributed by atoms with Crippen molar-refractivity contribution in [3.8, 4) is 11.5 Å². The number of hydrogen-bond acceptors (Lipinski definition) is 6. The van der Waals surface area contributed by atoms with Gasteiger partial charge in [0.25, 0.3) is 5.91 Å². The van der Waals surface area contributed by atoms with Crippen molar-refractivity contribution in [1.82, 2.24) is 4.90 Å². The Labute approximate surface area is 166 Å². The average molecular weight is 397 g/mol. The van der Waals surface area contributed by atoms with Gasteiger partial charge in [0.05, 0.1) is 14.2 Å². The number of ether oxygens (including phenoxy) is 2. The molecule has 0 aliphatic carbocycles. The highest BCUT2D eigenvalue weighted by molar-refractivity contribution is 7.99. The van der Waals surface area contributed by atoms with Crippen LogP contribution in [0.5, 0.6) is 11.5 Å².